The molecule has 3 rings (SSSR count). The lowest BCUT2D eigenvalue weighted by atomic mass is 10.1. The largest absolute Gasteiger partial charge is 0.504 e. The Balaban J connectivity index is 1.68. The number of aromatic nitrogens is 4. The summed E-state index contributed by atoms with van der Waals surface area (Å²) in [6.45, 7) is 0.634. The van der Waals surface area contributed by atoms with Crippen LogP contribution in [-0.4, -0.2) is 36.7 Å². The van der Waals surface area contributed by atoms with Crippen molar-refractivity contribution in [2.24, 2.45) is 0 Å². The van der Waals surface area contributed by atoms with E-state index in [9.17, 15) is 10.2 Å². The van der Waals surface area contributed by atoms with Gasteiger partial charge in [-0.1, -0.05) is 6.07 Å². The van der Waals surface area contributed by atoms with Gasteiger partial charge in [0.25, 0.3) is 0 Å². The summed E-state index contributed by atoms with van der Waals surface area (Å²) in [5.74, 6) is 0.465. The maximum Gasteiger partial charge on any atom is 0.182 e. The van der Waals surface area contributed by atoms with Gasteiger partial charge >= 0.3 is 0 Å². The molecule has 0 unspecified atom stereocenters. The van der Waals surface area contributed by atoms with Gasteiger partial charge in [-0.05, 0) is 24.1 Å². The van der Waals surface area contributed by atoms with Crippen LogP contribution in [0, 0.1) is 0 Å². The number of phenolic OH excluding ortho intramolecular Hbond substituents is 2. The van der Waals surface area contributed by atoms with Crippen molar-refractivity contribution in [3.8, 4) is 11.5 Å². The van der Waals surface area contributed by atoms with E-state index in [1.807, 2.05) is 0 Å². The maximum absolute atomic E-state index is 9.43. The van der Waals surface area contributed by atoms with Crippen LogP contribution in [0.15, 0.2) is 30.9 Å². The van der Waals surface area contributed by atoms with E-state index in [0.717, 1.165) is 11.1 Å². The molecule has 20 heavy (non-hydrogen) atoms. The van der Waals surface area contributed by atoms with Gasteiger partial charge in [-0.25, -0.2) is 15.0 Å². The molecule has 3 aromatic rings. The Bertz CT molecular complexity index is 740. The van der Waals surface area contributed by atoms with E-state index in [1.165, 1.54) is 12.4 Å². The minimum atomic E-state index is -0.114. The van der Waals surface area contributed by atoms with Gasteiger partial charge in [0.1, 0.15) is 11.8 Å². The van der Waals surface area contributed by atoms with Crippen LogP contribution < -0.4 is 5.32 Å². The molecule has 0 atom stereocenters. The summed E-state index contributed by atoms with van der Waals surface area (Å²) in [6, 6.07) is 4.79. The van der Waals surface area contributed by atoms with Crippen LogP contribution in [0.3, 0.4) is 0 Å². The maximum atomic E-state index is 9.43. The summed E-state index contributed by atoms with van der Waals surface area (Å²) < 4.78 is 0. The molecule has 2 aromatic heterocycles. The molecule has 0 bridgehead atoms. The van der Waals surface area contributed by atoms with E-state index < -0.39 is 0 Å². The van der Waals surface area contributed by atoms with E-state index in [4.69, 9.17) is 0 Å². The van der Waals surface area contributed by atoms with Crippen molar-refractivity contribution >= 4 is 17.0 Å². The average Bonchev–Trinajstić information content (AvgIpc) is 2.92. The number of hydrogen-bond acceptors (Lipinski definition) is 6. The van der Waals surface area contributed by atoms with Gasteiger partial charge in [-0.15, -0.1) is 0 Å². The van der Waals surface area contributed by atoms with Crippen molar-refractivity contribution in [2.75, 3.05) is 11.9 Å². The zero-order valence-corrected chi connectivity index (χ0v) is 10.5. The molecule has 0 saturated carbocycles. The van der Waals surface area contributed by atoms with Crippen molar-refractivity contribution in [1.82, 2.24) is 19.9 Å². The summed E-state index contributed by atoms with van der Waals surface area (Å²) in [5, 5.41) is 21.9. The van der Waals surface area contributed by atoms with E-state index in [0.29, 0.717) is 24.4 Å². The summed E-state index contributed by atoms with van der Waals surface area (Å²) in [7, 11) is 0. The number of benzene rings is 1. The molecule has 0 aliphatic heterocycles. The Morgan fingerprint density at radius 1 is 1.10 bits per heavy atom. The fraction of sp³-hybridized carbons (Fsp3) is 0.154. The minimum absolute atomic E-state index is 0.111. The van der Waals surface area contributed by atoms with Crippen molar-refractivity contribution in [1.29, 1.82) is 0 Å². The predicted octanol–water partition coefficient (Wildman–Crippen LogP) is 1.42. The Hall–Kier alpha value is -2.83. The monoisotopic (exact) mass is 271 g/mol. The number of aromatic hydroxyl groups is 2. The van der Waals surface area contributed by atoms with Crippen molar-refractivity contribution in [3.63, 3.8) is 0 Å². The number of phenols is 2. The average molecular weight is 271 g/mol. The molecule has 0 aliphatic rings. The molecular formula is C13H13N5O2. The highest BCUT2D eigenvalue weighted by Gasteiger charge is 2.05. The molecule has 7 heteroatoms. The van der Waals surface area contributed by atoms with Gasteiger partial charge in [-0.2, -0.15) is 0 Å². The first-order valence-corrected chi connectivity index (χ1v) is 6.13. The highest BCUT2D eigenvalue weighted by atomic mass is 16.3. The van der Waals surface area contributed by atoms with E-state index in [2.05, 4.69) is 25.3 Å². The second-order valence-electron chi connectivity index (χ2n) is 4.32. The Morgan fingerprint density at radius 2 is 2.00 bits per heavy atom. The first-order valence-electron chi connectivity index (χ1n) is 6.13. The lowest BCUT2D eigenvalue weighted by molar-refractivity contribution is 0.403. The fourth-order valence-corrected chi connectivity index (χ4v) is 1.95. The summed E-state index contributed by atoms with van der Waals surface area (Å²) in [6.07, 6.45) is 3.72. The van der Waals surface area contributed by atoms with E-state index in [-0.39, 0.29) is 11.5 Å². The Morgan fingerprint density at radius 3 is 2.85 bits per heavy atom. The van der Waals surface area contributed by atoms with Crippen LogP contribution in [-0.2, 0) is 6.42 Å². The molecular weight excluding hydrogens is 258 g/mol. The van der Waals surface area contributed by atoms with Crippen molar-refractivity contribution in [3.05, 3.63) is 36.4 Å². The van der Waals surface area contributed by atoms with E-state index in [1.54, 1.807) is 18.5 Å². The quantitative estimate of drug-likeness (QED) is 0.535. The smallest absolute Gasteiger partial charge is 0.182 e. The van der Waals surface area contributed by atoms with Gasteiger partial charge in [0.05, 0.1) is 6.33 Å². The lowest BCUT2D eigenvalue weighted by Crippen LogP contribution is -2.07. The SMILES string of the molecule is Oc1ccc(CCNc2ncnc3nc[nH]c23)cc1O. The number of hydrogen-bond donors (Lipinski definition) is 4. The number of fused-ring (bicyclic) bond motifs is 1. The Kier molecular flexibility index (Phi) is 3.08. The third-order valence-corrected chi connectivity index (χ3v) is 2.97. The van der Waals surface area contributed by atoms with Gasteiger partial charge in [0, 0.05) is 6.54 Å². The number of H-pyrrole nitrogens is 1. The number of rotatable bonds is 4. The van der Waals surface area contributed by atoms with E-state index >= 15 is 0 Å². The van der Waals surface area contributed by atoms with Crippen molar-refractivity contribution < 1.29 is 10.2 Å². The number of nitrogens with zero attached hydrogens (tertiary/aromatic N) is 3. The molecule has 0 aliphatic carbocycles. The molecule has 0 spiro atoms. The first-order chi connectivity index (χ1) is 9.74. The Labute approximate surface area is 114 Å². The topological polar surface area (TPSA) is 107 Å². The summed E-state index contributed by atoms with van der Waals surface area (Å²) in [4.78, 5) is 15.2. The second-order valence-corrected chi connectivity index (χ2v) is 4.32. The number of anilines is 1. The number of imidazole rings is 1. The van der Waals surface area contributed by atoms with Crippen LogP contribution in [0.5, 0.6) is 11.5 Å². The molecule has 102 valence electrons. The summed E-state index contributed by atoms with van der Waals surface area (Å²) >= 11 is 0. The normalized spacial score (nSPS) is 10.8. The first kappa shape index (κ1) is 12.2. The molecule has 2 heterocycles. The van der Waals surface area contributed by atoms with Crippen molar-refractivity contribution in [2.45, 2.75) is 6.42 Å². The molecule has 0 fully saturated rings. The lowest BCUT2D eigenvalue weighted by Gasteiger charge is -2.07. The third-order valence-electron chi connectivity index (χ3n) is 2.97. The zero-order chi connectivity index (χ0) is 13.9. The number of aromatic amines is 1. The molecule has 1 aromatic carbocycles. The van der Waals surface area contributed by atoms with Gasteiger partial charge < -0.3 is 20.5 Å². The third kappa shape index (κ3) is 2.33. The van der Waals surface area contributed by atoms with Gasteiger partial charge in [0.2, 0.25) is 0 Å². The van der Waals surface area contributed by atoms with Gasteiger partial charge in [-0.3, -0.25) is 0 Å². The highest BCUT2D eigenvalue weighted by Crippen LogP contribution is 2.25. The molecule has 0 amide bonds. The molecule has 0 radical (unpaired) electrons. The molecule has 4 N–H and O–H groups in total. The highest BCUT2D eigenvalue weighted by molar-refractivity contribution is 5.81. The van der Waals surface area contributed by atoms with Crippen LogP contribution in [0.25, 0.3) is 11.2 Å². The fourth-order valence-electron chi connectivity index (χ4n) is 1.95. The summed E-state index contributed by atoms with van der Waals surface area (Å²) in [5.41, 5.74) is 2.30. The van der Waals surface area contributed by atoms with Crippen LogP contribution >= 0.6 is 0 Å². The van der Waals surface area contributed by atoms with Crippen LogP contribution in [0.2, 0.25) is 0 Å². The van der Waals surface area contributed by atoms with Crippen LogP contribution in [0.1, 0.15) is 5.56 Å². The standard InChI is InChI=1S/C13H13N5O2/c19-9-2-1-8(5-10(9)20)3-4-14-12-11-13(16-6-15-11)18-7-17-12/h1-2,5-7,19-20H,3-4H2,(H2,14,15,16,17,18). The zero-order valence-electron chi connectivity index (χ0n) is 10.5. The van der Waals surface area contributed by atoms with Crippen LogP contribution in [0.4, 0.5) is 5.82 Å². The van der Waals surface area contributed by atoms with Gasteiger partial charge in [0.15, 0.2) is 23.0 Å². The molecule has 0 saturated heterocycles. The second kappa shape index (κ2) is 5.04. The minimum Gasteiger partial charge on any atom is -0.504 e. The molecule has 7 nitrogen and oxygen atoms in total. The number of nitrogens with one attached hydrogen (secondary N) is 2. The predicted molar refractivity (Wildman–Crippen MR) is 73.6 cm³/mol.